The van der Waals surface area contributed by atoms with Gasteiger partial charge in [-0.15, -0.1) is 10.2 Å². The number of nitrogens with zero attached hydrogens (tertiary/aromatic N) is 4. The van der Waals surface area contributed by atoms with Crippen LogP contribution < -0.4 is 5.73 Å². The van der Waals surface area contributed by atoms with Crippen LogP contribution in [-0.4, -0.2) is 31.3 Å². The van der Waals surface area contributed by atoms with E-state index in [1.54, 1.807) is 16.8 Å². The van der Waals surface area contributed by atoms with E-state index in [4.69, 9.17) is 10.8 Å². The third kappa shape index (κ3) is 1.85. The van der Waals surface area contributed by atoms with Crippen LogP contribution in [0.3, 0.4) is 0 Å². The number of aliphatic hydroxyl groups excluding tert-OH is 1. The molecule has 80 valence electrons. The molecule has 0 radical (unpaired) electrons. The largest absolute Gasteiger partial charge is 0.396 e. The fraction of sp³-hybridized carbons (Fsp3) is 0.375. The van der Waals surface area contributed by atoms with E-state index in [2.05, 4.69) is 31.1 Å². The molecule has 0 saturated heterocycles. The van der Waals surface area contributed by atoms with Gasteiger partial charge < -0.3 is 10.8 Å². The molecule has 0 aliphatic rings. The lowest BCUT2D eigenvalue weighted by molar-refractivity contribution is 0.274. The zero-order valence-corrected chi connectivity index (χ0v) is 9.42. The highest BCUT2D eigenvalue weighted by atomic mass is 79.9. The minimum atomic E-state index is -0.320. The number of fused-ring (bicyclic) bond motifs is 1. The van der Waals surface area contributed by atoms with E-state index >= 15 is 0 Å². The van der Waals surface area contributed by atoms with Gasteiger partial charge in [-0.1, -0.05) is 0 Å². The van der Waals surface area contributed by atoms with Gasteiger partial charge in [0.1, 0.15) is 0 Å². The van der Waals surface area contributed by atoms with Gasteiger partial charge in [-0.05, 0) is 22.4 Å². The van der Waals surface area contributed by atoms with Gasteiger partial charge in [-0.25, -0.2) is 4.98 Å². The molecule has 0 aliphatic heterocycles. The van der Waals surface area contributed by atoms with E-state index in [1.165, 1.54) is 0 Å². The van der Waals surface area contributed by atoms with Crippen LogP contribution in [0.2, 0.25) is 0 Å². The molecule has 7 heteroatoms. The molecule has 0 bridgehead atoms. The molecule has 2 aromatic heterocycles. The van der Waals surface area contributed by atoms with E-state index in [1.807, 2.05) is 0 Å². The van der Waals surface area contributed by atoms with Crippen LogP contribution in [0.25, 0.3) is 5.65 Å². The summed E-state index contributed by atoms with van der Waals surface area (Å²) in [6.07, 6.45) is 3.84. The molecule has 0 saturated carbocycles. The quantitative estimate of drug-likeness (QED) is 0.837. The average molecular weight is 272 g/mol. The van der Waals surface area contributed by atoms with E-state index in [-0.39, 0.29) is 12.6 Å². The van der Waals surface area contributed by atoms with E-state index < -0.39 is 0 Å². The summed E-state index contributed by atoms with van der Waals surface area (Å²) in [6, 6.07) is -0.320. The van der Waals surface area contributed by atoms with Gasteiger partial charge >= 0.3 is 0 Å². The minimum absolute atomic E-state index is 0.0301. The van der Waals surface area contributed by atoms with E-state index in [9.17, 15) is 0 Å². The lowest BCUT2D eigenvalue weighted by atomic mass is 10.2. The lowest BCUT2D eigenvalue weighted by Gasteiger charge is -2.07. The van der Waals surface area contributed by atoms with Gasteiger partial charge in [0.2, 0.25) is 0 Å². The van der Waals surface area contributed by atoms with Crippen molar-refractivity contribution >= 4 is 21.6 Å². The third-order valence-electron chi connectivity index (χ3n) is 2.08. The first kappa shape index (κ1) is 10.5. The van der Waals surface area contributed by atoms with Crippen LogP contribution in [0.4, 0.5) is 0 Å². The standard InChI is InChI=1S/C8H10BrN5O/c9-6-8-13-12-7(5(10)1-4-15)14(8)3-2-11-6/h2-3,5,15H,1,4,10H2. The molecular formula is C8H10BrN5O. The molecule has 0 aromatic carbocycles. The fourth-order valence-corrected chi connectivity index (χ4v) is 1.72. The number of halogens is 1. The fourth-order valence-electron chi connectivity index (χ4n) is 1.34. The van der Waals surface area contributed by atoms with Crippen LogP contribution in [0.5, 0.6) is 0 Å². The predicted molar refractivity (Wildman–Crippen MR) is 57.1 cm³/mol. The Balaban J connectivity index is 2.49. The highest BCUT2D eigenvalue weighted by Crippen LogP contribution is 2.17. The molecule has 3 N–H and O–H groups in total. The summed E-state index contributed by atoms with van der Waals surface area (Å²) in [5.74, 6) is 0.627. The molecule has 0 spiro atoms. The Morgan fingerprint density at radius 1 is 1.53 bits per heavy atom. The maximum atomic E-state index is 8.80. The van der Waals surface area contributed by atoms with Crippen molar-refractivity contribution in [2.45, 2.75) is 12.5 Å². The Bertz CT molecular complexity index is 471. The van der Waals surface area contributed by atoms with Crippen LogP contribution in [-0.2, 0) is 0 Å². The topological polar surface area (TPSA) is 89.3 Å². The van der Waals surface area contributed by atoms with Crippen molar-refractivity contribution in [1.29, 1.82) is 0 Å². The maximum Gasteiger partial charge on any atom is 0.194 e. The minimum Gasteiger partial charge on any atom is -0.396 e. The molecule has 2 heterocycles. The van der Waals surface area contributed by atoms with Gasteiger partial charge in [0, 0.05) is 19.0 Å². The van der Waals surface area contributed by atoms with Crippen LogP contribution in [0.1, 0.15) is 18.3 Å². The monoisotopic (exact) mass is 271 g/mol. The summed E-state index contributed by atoms with van der Waals surface area (Å²) in [4.78, 5) is 4.03. The van der Waals surface area contributed by atoms with Crippen molar-refractivity contribution in [1.82, 2.24) is 19.6 Å². The number of aliphatic hydroxyl groups is 1. The lowest BCUT2D eigenvalue weighted by Crippen LogP contribution is -2.15. The van der Waals surface area contributed by atoms with E-state index in [0.29, 0.717) is 22.5 Å². The Labute approximate surface area is 94.3 Å². The van der Waals surface area contributed by atoms with Crippen LogP contribution in [0.15, 0.2) is 17.0 Å². The van der Waals surface area contributed by atoms with Crippen LogP contribution >= 0.6 is 15.9 Å². The number of rotatable bonds is 3. The van der Waals surface area contributed by atoms with Gasteiger partial charge in [-0.2, -0.15) is 0 Å². The van der Waals surface area contributed by atoms with Crippen molar-refractivity contribution in [3.05, 3.63) is 22.8 Å². The number of hydrogen-bond donors (Lipinski definition) is 2. The Kier molecular flexibility index (Phi) is 2.94. The molecular weight excluding hydrogens is 262 g/mol. The third-order valence-corrected chi connectivity index (χ3v) is 2.64. The molecule has 15 heavy (non-hydrogen) atoms. The van der Waals surface area contributed by atoms with Crippen molar-refractivity contribution in [2.24, 2.45) is 5.73 Å². The summed E-state index contributed by atoms with van der Waals surface area (Å²) >= 11 is 3.27. The van der Waals surface area contributed by atoms with Gasteiger partial charge in [0.05, 0.1) is 6.04 Å². The smallest absolute Gasteiger partial charge is 0.194 e. The Hall–Kier alpha value is -1.05. The van der Waals surface area contributed by atoms with Gasteiger partial charge in [0.25, 0.3) is 0 Å². The first-order chi connectivity index (χ1) is 7.24. The normalized spacial score (nSPS) is 13.3. The highest BCUT2D eigenvalue weighted by molar-refractivity contribution is 9.10. The summed E-state index contributed by atoms with van der Waals surface area (Å²) < 4.78 is 2.39. The number of aromatic nitrogens is 4. The Morgan fingerprint density at radius 2 is 2.33 bits per heavy atom. The van der Waals surface area contributed by atoms with Crippen molar-refractivity contribution in [3.8, 4) is 0 Å². The maximum absolute atomic E-state index is 8.80. The average Bonchev–Trinajstić information content (AvgIpc) is 2.63. The number of hydrogen-bond acceptors (Lipinski definition) is 5. The second-order valence-electron chi connectivity index (χ2n) is 3.09. The van der Waals surface area contributed by atoms with Gasteiger partial charge in [0.15, 0.2) is 16.1 Å². The first-order valence-electron chi connectivity index (χ1n) is 4.45. The molecule has 1 atom stereocenters. The van der Waals surface area contributed by atoms with Crippen molar-refractivity contribution < 1.29 is 5.11 Å². The van der Waals surface area contributed by atoms with Gasteiger partial charge in [-0.3, -0.25) is 4.40 Å². The zero-order chi connectivity index (χ0) is 10.8. The Morgan fingerprint density at radius 3 is 3.07 bits per heavy atom. The molecule has 0 fully saturated rings. The zero-order valence-electron chi connectivity index (χ0n) is 7.84. The summed E-state index contributed by atoms with van der Waals surface area (Å²) in [7, 11) is 0. The molecule has 0 aliphatic carbocycles. The second kappa shape index (κ2) is 4.21. The molecule has 6 nitrogen and oxygen atoms in total. The molecule has 1 unspecified atom stereocenters. The second-order valence-corrected chi connectivity index (χ2v) is 3.84. The summed E-state index contributed by atoms with van der Waals surface area (Å²) in [5, 5.41) is 16.7. The van der Waals surface area contributed by atoms with E-state index in [0.717, 1.165) is 0 Å². The predicted octanol–water partition coefficient (Wildman–Crippen LogP) is 0.269. The molecule has 2 aromatic rings. The first-order valence-corrected chi connectivity index (χ1v) is 5.25. The SMILES string of the molecule is NC(CCO)c1nnc2c(Br)nccn12. The highest BCUT2D eigenvalue weighted by Gasteiger charge is 2.14. The van der Waals surface area contributed by atoms with Crippen molar-refractivity contribution in [3.63, 3.8) is 0 Å². The molecule has 0 amide bonds. The van der Waals surface area contributed by atoms with Crippen molar-refractivity contribution in [2.75, 3.05) is 6.61 Å². The molecule has 2 rings (SSSR count). The van der Waals surface area contributed by atoms with Crippen LogP contribution in [0, 0.1) is 0 Å². The number of nitrogens with two attached hydrogens (primary N) is 1. The summed E-state index contributed by atoms with van der Waals surface area (Å²) in [5.41, 5.74) is 6.47. The summed E-state index contributed by atoms with van der Waals surface area (Å²) in [6.45, 7) is 0.0301.